The fourth-order valence-corrected chi connectivity index (χ4v) is 1.12. The van der Waals surface area contributed by atoms with Gasteiger partial charge in [0, 0.05) is 0 Å². The van der Waals surface area contributed by atoms with E-state index in [0.29, 0.717) is 0 Å². The summed E-state index contributed by atoms with van der Waals surface area (Å²) in [5, 5.41) is 9.67. The van der Waals surface area contributed by atoms with Crippen LogP contribution in [0.4, 0.5) is 26.3 Å². The topological polar surface area (TPSA) is 65.0 Å². The van der Waals surface area contributed by atoms with Crippen molar-refractivity contribution < 1.29 is 50.5 Å². The van der Waals surface area contributed by atoms with Crippen molar-refractivity contribution in [3.05, 3.63) is 0 Å². The summed E-state index contributed by atoms with van der Waals surface area (Å²) >= 11 is 0. The Hall–Kier alpha value is -1.07. The quantitative estimate of drug-likeness (QED) is 0.441. The average Bonchev–Trinajstić information content (AvgIpc) is 2.29. The van der Waals surface area contributed by atoms with Gasteiger partial charge in [-0.2, -0.15) is 0 Å². The Morgan fingerprint density at radius 1 is 1.10 bits per heavy atom. The second kappa shape index (κ2) is 7.27. The zero-order chi connectivity index (χ0) is 16.9. The van der Waals surface area contributed by atoms with Gasteiger partial charge < -0.3 is 9.84 Å². The molecule has 1 N–H and O–H groups in total. The third kappa shape index (κ3) is 8.73. The van der Waals surface area contributed by atoms with E-state index in [2.05, 4.69) is 14.2 Å². The molecule has 21 heavy (non-hydrogen) atoms. The number of esters is 1. The predicted octanol–water partition coefficient (Wildman–Crippen LogP) is 2.13. The maximum atomic E-state index is 12.2. The van der Waals surface area contributed by atoms with E-state index >= 15 is 0 Å². The molecule has 11 heteroatoms. The Balaban J connectivity index is 4.60. The normalized spacial score (nSPS) is 17.2. The molecule has 0 aromatic carbocycles. The summed E-state index contributed by atoms with van der Waals surface area (Å²) in [4.78, 5) is 11.4. The molecular formula is C10H14F6O5. The standard InChI is InChI=1S/C10H14F6O5/c1-3-8(2,18)6(21-10(14,15)16)7(17)19-4-5-20-9(11,12)13/h6,18H,3-5H2,1-2H3. The highest BCUT2D eigenvalue weighted by molar-refractivity contribution is 5.76. The summed E-state index contributed by atoms with van der Waals surface area (Å²) in [7, 11) is 0. The Kier molecular flexibility index (Phi) is 6.90. The van der Waals surface area contributed by atoms with E-state index in [4.69, 9.17) is 0 Å². The molecule has 0 rings (SSSR count). The smallest absolute Gasteiger partial charge is 0.461 e. The first-order chi connectivity index (χ1) is 9.28. The van der Waals surface area contributed by atoms with Crippen molar-refractivity contribution in [1.29, 1.82) is 0 Å². The van der Waals surface area contributed by atoms with Gasteiger partial charge in [-0.3, -0.25) is 9.47 Å². The van der Waals surface area contributed by atoms with E-state index in [1.807, 2.05) is 0 Å². The first-order valence-corrected chi connectivity index (χ1v) is 5.63. The third-order valence-corrected chi connectivity index (χ3v) is 2.34. The molecule has 0 saturated carbocycles. The monoisotopic (exact) mass is 328 g/mol. The molecule has 0 saturated heterocycles. The van der Waals surface area contributed by atoms with E-state index in [-0.39, 0.29) is 6.42 Å². The molecule has 0 heterocycles. The Bertz CT molecular complexity index is 338. The maximum Gasteiger partial charge on any atom is 0.523 e. The summed E-state index contributed by atoms with van der Waals surface area (Å²) in [6, 6.07) is 0. The van der Waals surface area contributed by atoms with Crippen LogP contribution in [0.5, 0.6) is 0 Å². The second-order valence-electron chi connectivity index (χ2n) is 4.12. The number of halogens is 6. The summed E-state index contributed by atoms with van der Waals surface area (Å²) in [6.07, 6.45) is -12.9. The molecule has 0 aliphatic heterocycles. The number of alkyl halides is 6. The van der Waals surface area contributed by atoms with Crippen LogP contribution >= 0.6 is 0 Å². The fraction of sp³-hybridized carbons (Fsp3) is 0.900. The van der Waals surface area contributed by atoms with Gasteiger partial charge in [0.25, 0.3) is 0 Å². The largest absolute Gasteiger partial charge is 0.523 e. The molecule has 0 aliphatic rings. The number of ether oxygens (including phenoxy) is 3. The molecule has 2 unspecified atom stereocenters. The van der Waals surface area contributed by atoms with Crippen LogP contribution < -0.4 is 0 Å². The van der Waals surface area contributed by atoms with Crippen LogP contribution in [0.3, 0.4) is 0 Å². The first-order valence-electron chi connectivity index (χ1n) is 5.63. The van der Waals surface area contributed by atoms with Crippen LogP contribution in [0.1, 0.15) is 20.3 Å². The number of aliphatic hydroxyl groups is 1. The molecule has 0 fully saturated rings. The van der Waals surface area contributed by atoms with Crippen molar-refractivity contribution in [2.45, 2.75) is 44.7 Å². The van der Waals surface area contributed by atoms with Gasteiger partial charge in [0.15, 0.2) is 6.10 Å². The molecule has 126 valence electrons. The van der Waals surface area contributed by atoms with Crippen molar-refractivity contribution >= 4 is 5.97 Å². The minimum Gasteiger partial charge on any atom is -0.461 e. The van der Waals surface area contributed by atoms with Crippen molar-refractivity contribution in [2.75, 3.05) is 13.2 Å². The van der Waals surface area contributed by atoms with E-state index in [1.165, 1.54) is 6.92 Å². The predicted molar refractivity (Wildman–Crippen MR) is 54.8 cm³/mol. The van der Waals surface area contributed by atoms with Crippen molar-refractivity contribution in [3.8, 4) is 0 Å². The zero-order valence-electron chi connectivity index (χ0n) is 11.0. The summed E-state index contributed by atoms with van der Waals surface area (Å²) in [6.45, 7) is 0.141. The lowest BCUT2D eigenvalue weighted by Crippen LogP contribution is -2.49. The van der Waals surface area contributed by atoms with E-state index in [1.54, 1.807) is 0 Å². The molecule has 0 aliphatic carbocycles. The summed E-state index contributed by atoms with van der Waals surface area (Å²) < 4.78 is 82.3. The molecule has 0 spiro atoms. The molecule has 0 bridgehead atoms. The van der Waals surface area contributed by atoms with Crippen LogP contribution in [0.2, 0.25) is 0 Å². The van der Waals surface area contributed by atoms with Gasteiger partial charge in [-0.25, -0.2) is 4.79 Å². The van der Waals surface area contributed by atoms with E-state index in [0.717, 1.165) is 6.92 Å². The molecule has 5 nitrogen and oxygen atoms in total. The van der Waals surface area contributed by atoms with Crippen molar-refractivity contribution in [2.24, 2.45) is 0 Å². The Morgan fingerprint density at radius 2 is 1.62 bits per heavy atom. The number of carbonyl (C=O) groups is 1. The van der Waals surface area contributed by atoms with Gasteiger partial charge in [0.2, 0.25) is 0 Å². The first kappa shape index (κ1) is 19.9. The van der Waals surface area contributed by atoms with Crippen molar-refractivity contribution in [3.63, 3.8) is 0 Å². The van der Waals surface area contributed by atoms with Crippen LogP contribution in [0.15, 0.2) is 0 Å². The fourth-order valence-electron chi connectivity index (χ4n) is 1.12. The molecule has 0 radical (unpaired) electrons. The lowest BCUT2D eigenvalue weighted by Gasteiger charge is -2.30. The maximum absolute atomic E-state index is 12.2. The van der Waals surface area contributed by atoms with E-state index < -0.39 is 43.6 Å². The highest BCUT2D eigenvalue weighted by Gasteiger charge is 2.46. The van der Waals surface area contributed by atoms with Gasteiger partial charge in [-0.15, -0.1) is 26.3 Å². The van der Waals surface area contributed by atoms with Crippen LogP contribution in [0.25, 0.3) is 0 Å². The van der Waals surface area contributed by atoms with Gasteiger partial charge in [-0.1, -0.05) is 6.92 Å². The van der Waals surface area contributed by atoms with Crippen LogP contribution in [-0.2, 0) is 19.0 Å². The van der Waals surface area contributed by atoms with Gasteiger partial charge in [0.1, 0.15) is 6.61 Å². The van der Waals surface area contributed by atoms with Gasteiger partial charge in [0.05, 0.1) is 12.2 Å². The summed E-state index contributed by atoms with van der Waals surface area (Å²) in [5.74, 6) is -1.65. The SMILES string of the molecule is CCC(C)(O)C(OC(F)(F)F)C(=O)OCCOC(F)(F)F. The molecule has 0 aromatic heterocycles. The van der Waals surface area contributed by atoms with Gasteiger partial charge in [-0.05, 0) is 13.3 Å². The molecular weight excluding hydrogens is 314 g/mol. The zero-order valence-corrected chi connectivity index (χ0v) is 11.0. The lowest BCUT2D eigenvalue weighted by atomic mass is 9.96. The number of carbonyl (C=O) groups excluding carboxylic acids is 1. The lowest BCUT2D eigenvalue weighted by molar-refractivity contribution is -0.356. The number of hydrogen-bond acceptors (Lipinski definition) is 5. The summed E-state index contributed by atoms with van der Waals surface area (Å²) in [5.41, 5.74) is -2.21. The minimum atomic E-state index is -5.23. The minimum absolute atomic E-state index is 0.290. The van der Waals surface area contributed by atoms with Crippen molar-refractivity contribution in [1.82, 2.24) is 0 Å². The molecule has 0 aromatic rings. The van der Waals surface area contributed by atoms with Crippen LogP contribution in [0, 0.1) is 0 Å². The highest BCUT2D eigenvalue weighted by Crippen LogP contribution is 2.27. The number of rotatable bonds is 7. The second-order valence-corrected chi connectivity index (χ2v) is 4.12. The number of hydrogen-bond donors (Lipinski definition) is 1. The highest BCUT2D eigenvalue weighted by atomic mass is 19.4. The van der Waals surface area contributed by atoms with Gasteiger partial charge >= 0.3 is 18.7 Å². The Labute approximate surface area is 115 Å². The molecule has 2 atom stereocenters. The molecule has 0 amide bonds. The van der Waals surface area contributed by atoms with Crippen LogP contribution in [-0.4, -0.2) is 48.7 Å². The third-order valence-electron chi connectivity index (χ3n) is 2.34. The Morgan fingerprint density at radius 3 is 2.00 bits per heavy atom. The average molecular weight is 328 g/mol. The van der Waals surface area contributed by atoms with E-state index in [9.17, 15) is 36.2 Å².